The van der Waals surface area contributed by atoms with Gasteiger partial charge in [-0.25, -0.2) is 0 Å². The Kier molecular flexibility index (Phi) is 5.97. The fourth-order valence-corrected chi connectivity index (χ4v) is 9.04. The smallest absolute Gasteiger partial charge is 0.0434 e. The molecule has 0 bridgehead atoms. The Morgan fingerprint density at radius 2 is 0.773 bits per heavy atom. The number of thiophene rings is 2. The molecule has 2 heterocycles. The van der Waals surface area contributed by atoms with E-state index in [1.807, 2.05) is 22.7 Å². The molecule has 44 heavy (non-hydrogen) atoms. The van der Waals surface area contributed by atoms with Gasteiger partial charge in [0.1, 0.15) is 0 Å². The minimum atomic E-state index is 1.23. The van der Waals surface area contributed by atoms with Crippen molar-refractivity contribution in [1.29, 1.82) is 0 Å². The number of rotatable bonds is 4. The van der Waals surface area contributed by atoms with Crippen molar-refractivity contribution in [2.75, 3.05) is 0 Å². The van der Waals surface area contributed by atoms with E-state index in [-0.39, 0.29) is 0 Å². The van der Waals surface area contributed by atoms with Crippen LogP contribution in [0.25, 0.3) is 84.9 Å². The predicted octanol–water partition coefficient (Wildman–Crippen LogP) is 13.1. The molecule has 0 saturated carbocycles. The number of benzene rings is 7. The SMILES string of the molecule is c1ccc(-c2ccc(-c3cccc(-c4cccc5c4sc4c(-c6ccc7c(c6)sc6ccccc67)cccc45)c3)cc2)cc1. The van der Waals surface area contributed by atoms with Crippen LogP contribution in [0.5, 0.6) is 0 Å². The summed E-state index contributed by atoms with van der Waals surface area (Å²) in [4.78, 5) is 0. The highest BCUT2D eigenvalue weighted by Gasteiger charge is 2.15. The summed E-state index contributed by atoms with van der Waals surface area (Å²) in [5.41, 5.74) is 10.1. The summed E-state index contributed by atoms with van der Waals surface area (Å²) in [6.45, 7) is 0. The lowest BCUT2D eigenvalue weighted by Gasteiger charge is -2.08. The molecule has 0 atom stereocenters. The summed E-state index contributed by atoms with van der Waals surface area (Å²) < 4.78 is 5.38. The lowest BCUT2D eigenvalue weighted by Crippen LogP contribution is -1.83. The highest BCUT2D eigenvalue weighted by molar-refractivity contribution is 7.27. The van der Waals surface area contributed by atoms with Crippen LogP contribution in [0.4, 0.5) is 0 Å². The van der Waals surface area contributed by atoms with Crippen LogP contribution in [0.1, 0.15) is 0 Å². The van der Waals surface area contributed by atoms with Gasteiger partial charge in [0.25, 0.3) is 0 Å². The zero-order chi connectivity index (χ0) is 29.0. The second kappa shape index (κ2) is 10.3. The van der Waals surface area contributed by atoms with Crippen molar-refractivity contribution in [2.45, 2.75) is 0 Å². The van der Waals surface area contributed by atoms with Crippen LogP contribution < -0.4 is 0 Å². The maximum Gasteiger partial charge on any atom is 0.0434 e. The van der Waals surface area contributed by atoms with Crippen molar-refractivity contribution >= 4 is 63.0 Å². The molecule has 0 fully saturated rings. The number of fused-ring (bicyclic) bond motifs is 6. The molecular weight excluding hydrogens is 569 g/mol. The monoisotopic (exact) mass is 594 g/mol. The highest BCUT2D eigenvalue weighted by Crippen LogP contribution is 2.45. The first-order valence-corrected chi connectivity index (χ1v) is 16.6. The summed E-state index contributed by atoms with van der Waals surface area (Å²) in [6.07, 6.45) is 0. The van der Waals surface area contributed by atoms with Gasteiger partial charge in [-0.3, -0.25) is 0 Å². The van der Waals surface area contributed by atoms with Gasteiger partial charge in [-0.05, 0) is 62.7 Å². The van der Waals surface area contributed by atoms with Gasteiger partial charge in [0.2, 0.25) is 0 Å². The van der Waals surface area contributed by atoms with Gasteiger partial charge in [0, 0.05) is 40.3 Å². The third-order valence-electron chi connectivity index (χ3n) is 8.71. The fourth-order valence-electron chi connectivity index (χ4n) is 6.52. The van der Waals surface area contributed by atoms with E-state index < -0.39 is 0 Å². The predicted molar refractivity (Wildman–Crippen MR) is 194 cm³/mol. The third kappa shape index (κ3) is 4.18. The molecule has 0 spiro atoms. The van der Waals surface area contributed by atoms with Gasteiger partial charge in [-0.2, -0.15) is 0 Å². The highest BCUT2D eigenvalue weighted by atomic mass is 32.1. The molecule has 2 heteroatoms. The molecule has 0 saturated heterocycles. The lowest BCUT2D eigenvalue weighted by molar-refractivity contribution is 1.58. The van der Waals surface area contributed by atoms with E-state index in [9.17, 15) is 0 Å². The molecule has 0 aliphatic heterocycles. The minimum Gasteiger partial charge on any atom is -0.135 e. The van der Waals surface area contributed by atoms with E-state index in [0.29, 0.717) is 0 Å². The van der Waals surface area contributed by atoms with E-state index >= 15 is 0 Å². The maximum atomic E-state index is 2.38. The summed E-state index contributed by atoms with van der Waals surface area (Å²) in [6, 6.07) is 57.7. The second-order valence-electron chi connectivity index (χ2n) is 11.3. The van der Waals surface area contributed by atoms with Crippen molar-refractivity contribution in [2.24, 2.45) is 0 Å². The van der Waals surface area contributed by atoms with Crippen molar-refractivity contribution in [1.82, 2.24) is 0 Å². The average molecular weight is 595 g/mol. The van der Waals surface area contributed by atoms with E-state index in [4.69, 9.17) is 0 Å². The molecular formula is C42H26S2. The Hall–Kier alpha value is -5.02. The molecule has 9 aromatic rings. The van der Waals surface area contributed by atoms with Gasteiger partial charge in [0.15, 0.2) is 0 Å². The van der Waals surface area contributed by atoms with Crippen LogP contribution >= 0.6 is 22.7 Å². The molecule has 0 N–H and O–H groups in total. The van der Waals surface area contributed by atoms with E-state index in [1.54, 1.807) is 0 Å². The Labute approximate surface area is 264 Å². The van der Waals surface area contributed by atoms with Crippen molar-refractivity contribution < 1.29 is 0 Å². The third-order valence-corrected chi connectivity index (χ3v) is 11.1. The van der Waals surface area contributed by atoms with Crippen LogP contribution in [0.2, 0.25) is 0 Å². The van der Waals surface area contributed by atoms with Gasteiger partial charge < -0.3 is 0 Å². The molecule has 2 aromatic heterocycles. The van der Waals surface area contributed by atoms with Gasteiger partial charge in [-0.15, -0.1) is 22.7 Å². The average Bonchev–Trinajstić information content (AvgIpc) is 3.67. The summed E-state index contributed by atoms with van der Waals surface area (Å²) in [5, 5.41) is 5.34. The molecule has 206 valence electrons. The lowest BCUT2D eigenvalue weighted by atomic mass is 9.96. The molecule has 0 nitrogen and oxygen atoms in total. The van der Waals surface area contributed by atoms with Gasteiger partial charge >= 0.3 is 0 Å². The first kappa shape index (κ1) is 25.5. The summed E-state index contributed by atoms with van der Waals surface area (Å²) in [5.74, 6) is 0. The molecule has 0 amide bonds. The van der Waals surface area contributed by atoms with Gasteiger partial charge in [-0.1, -0.05) is 140 Å². The zero-order valence-electron chi connectivity index (χ0n) is 23.8. The molecule has 0 radical (unpaired) electrons. The normalized spacial score (nSPS) is 11.6. The standard InChI is InChI=1S/C42H26S2/c1-2-9-27(10-3-1)28-19-21-29(22-20-28)30-11-6-12-31(25-30)33-14-7-16-37-38-17-8-15-34(42(38)44-41(33)37)32-23-24-36-35-13-4-5-18-39(35)43-40(36)26-32/h1-26H. The number of hydrogen-bond acceptors (Lipinski definition) is 2. The largest absolute Gasteiger partial charge is 0.135 e. The quantitative estimate of drug-likeness (QED) is 0.190. The Bertz CT molecular complexity index is 2480. The molecule has 0 aliphatic carbocycles. The molecule has 0 aliphatic rings. The van der Waals surface area contributed by atoms with Crippen LogP contribution in [-0.2, 0) is 0 Å². The van der Waals surface area contributed by atoms with E-state index in [2.05, 4.69) is 158 Å². The molecule has 0 unspecified atom stereocenters. The van der Waals surface area contributed by atoms with Crippen LogP contribution in [0.15, 0.2) is 158 Å². The Morgan fingerprint density at radius 3 is 1.52 bits per heavy atom. The van der Waals surface area contributed by atoms with Crippen LogP contribution in [-0.4, -0.2) is 0 Å². The van der Waals surface area contributed by atoms with E-state index in [0.717, 1.165) is 0 Å². The van der Waals surface area contributed by atoms with Gasteiger partial charge in [0.05, 0.1) is 0 Å². The second-order valence-corrected chi connectivity index (χ2v) is 13.4. The Balaban J connectivity index is 1.14. The first-order valence-electron chi connectivity index (χ1n) is 14.9. The van der Waals surface area contributed by atoms with Crippen molar-refractivity contribution in [3.63, 3.8) is 0 Å². The fraction of sp³-hybridized carbons (Fsp3) is 0. The van der Waals surface area contributed by atoms with E-state index in [1.165, 1.54) is 84.9 Å². The Morgan fingerprint density at radius 1 is 0.273 bits per heavy atom. The van der Waals surface area contributed by atoms with Crippen molar-refractivity contribution in [3.05, 3.63) is 158 Å². The summed E-state index contributed by atoms with van der Waals surface area (Å²) >= 11 is 3.80. The topological polar surface area (TPSA) is 0 Å². The summed E-state index contributed by atoms with van der Waals surface area (Å²) in [7, 11) is 0. The van der Waals surface area contributed by atoms with Crippen molar-refractivity contribution in [3.8, 4) is 44.5 Å². The first-order chi connectivity index (χ1) is 21.8. The maximum absolute atomic E-state index is 2.38. The number of hydrogen-bond donors (Lipinski definition) is 0. The van der Waals surface area contributed by atoms with Crippen LogP contribution in [0.3, 0.4) is 0 Å². The van der Waals surface area contributed by atoms with Crippen LogP contribution in [0, 0.1) is 0 Å². The molecule has 7 aromatic carbocycles. The molecule has 9 rings (SSSR count). The zero-order valence-corrected chi connectivity index (χ0v) is 25.5. The minimum absolute atomic E-state index is 1.23.